The molecule has 0 radical (unpaired) electrons. The zero-order valence-electron chi connectivity index (χ0n) is 14.6. The Morgan fingerprint density at radius 2 is 1.76 bits per heavy atom. The van der Waals surface area contributed by atoms with Crippen LogP contribution in [-0.2, 0) is 4.79 Å². The molecule has 0 bridgehead atoms. The lowest BCUT2D eigenvalue weighted by molar-refractivity contribution is -0.123. The van der Waals surface area contributed by atoms with Crippen LogP contribution < -0.4 is 0 Å². The molecule has 0 aliphatic heterocycles. The number of carbonyl (C=O) groups excluding carboxylic acids is 1. The SMILES string of the molecule is CC(=O)C1=C[C@]2(C)CC[C@H]3C(C)(C)CCC[C@]3(C)[C@H]2CC1. The molecular formula is C20H32O. The molecule has 0 heterocycles. The number of fused-ring (bicyclic) bond motifs is 3. The van der Waals surface area contributed by atoms with Crippen LogP contribution in [0.3, 0.4) is 0 Å². The second kappa shape index (κ2) is 4.70. The zero-order valence-corrected chi connectivity index (χ0v) is 14.6. The van der Waals surface area contributed by atoms with E-state index in [1.165, 1.54) is 38.5 Å². The molecule has 1 heteroatoms. The summed E-state index contributed by atoms with van der Waals surface area (Å²) in [4.78, 5) is 11.8. The normalized spacial score (nSPS) is 45.3. The molecular weight excluding hydrogens is 256 g/mol. The molecule has 3 rings (SSSR count). The van der Waals surface area contributed by atoms with Gasteiger partial charge in [0.2, 0.25) is 0 Å². The summed E-state index contributed by atoms with van der Waals surface area (Å²) in [5.41, 5.74) is 2.34. The van der Waals surface area contributed by atoms with E-state index in [2.05, 4.69) is 33.8 Å². The number of Topliss-reactive ketones (excluding diaryl/α,β-unsaturated/α-hetero) is 1. The smallest absolute Gasteiger partial charge is 0.155 e. The van der Waals surface area contributed by atoms with E-state index in [-0.39, 0.29) is 5.41 Å². The summed E-state index contributed by atoms with van der Waals surface area (Å²) >= 11 is 0. The average Bonchev–Trinajstić information content (AvgIpc) is 2.36. The van der Waals surface area contributed by atoms with Gasteiger partial charge >= 0.3 is 0 Å². The molecule has 2 saturated carbocycles. The van der Waals surface area contributed by atoms with Crippen molar-refractivity contribution in [1.82, 2.24) is 0 Å². The highest BCUT2D eigenvalue weighted by atomic mass is 16.1. The van der Waals surface area contributed by atoms with E-state index in [1.54, 1.807) is 6.92 Å². The molecule has 3 aliphatic carbocycles. The molecule has 0 N–H and O–H groups in total. The van der Waals surface area contributed by atoms with Crippen LogP contribution in [0.2, 0.25) is 0 Å². The molecule has 0 aromatic rings. The molecule has 0 saturated heterocycles. The van der Waals surface area contributed by atoms with Gasteiger partial charge in [-0.05, 0) is 79.1 Å². The van der Waals surface area contributed by atoms with Gasteiger partial charge in [0.15, 0.2) is 5.78 Å². The third kappa shape index (κ3) is 2.23. The number of hydrogen-bond acceptors (Lipinski definition) is 1. The Morgan fingerprint density at radius 3 is 2.43 bits per heavy atom. The van der Waals surface area contributed by atoms with Gasteiger partial charge in [0.05, 0.1) is 0 Å². The molecule has 0 amide bonds. The molecule has 0 aromatic heterocycles. The van der Waals surface area contributed by atoms with Gasteiger partial charge in [0.25, 0.3) is 0 Å². The van der Waals surface area contributed by atoms with E-state index in [0.29, 0.717) is 16.6 Å². The summed E-state index contributed by atoms with van der Waals surface area (Å²) in [6, 6.07) is 0. The second-order valence-corrected chi connectivity index (χ2v) is 9.26. The van der Waals surface area contributed by atoms with Crippen LogP contribution in [-0.4, -0.2) is 5.78 Å². The maximum atomic E-state index is 11.8. The van der Waals surface area contributed by atoms with Crippen molar-refractivity contribution in [3.8, 4) is 0 Å². The maximum Gasteiger partial charge on any atom is 0.155 e. The molecule has 0 spiro atoms. The van der Waals surface area contributed by atoms with E-state index in [9.17, 15) is 4.79 Å². The standard InChI is InChI=1S/C20H32O/c1-14(21)15-7-8-17-19(4,13-15)12-9-16-18(2,3)10-6-11-20(16,17)5/h13,16-17H,6-12H2,1-5H3/t16-,17-,19-,20-/m0/s1. The maximum absolute atomic E-state index is 11.8. The van der Waals surface area contributed by atoms with Crippen molar-refractivity contribution in [2.75, 3.05) is 0 Å². The fourth-order valence-electron chi connectivity index (χ4n) is 6.57. The Kier molecular flexibility index (Phi) is 3.43. The summed E-state index contributed by atoms with van der Waals surface area (Å²) < 4.78 is 0. The van der Waals surface area contributed by atoms with Crippen LogP contribution in [0.15, 0.2) is 11.6 Å². The van der Waals surface area contributed by atoms with Crippen molar-refractivity contribution in [3.05, 3.63) is 11.6 Å². The fourth-order valence-corrected chi connectivity index (χ4v) is 6.57. The molecule has 2 fully saturated rings. The number of allylic oxidation sites excluding steroid dienone is 2. The molecule has 1 nitrogen and oxygen atoms in total. The summed E-state index contributed by atoms with van der Waals surface area (Å²) in [5, 5.41) is 0. The van der Waals surface area contributed by atoms with Crippen molar-refractivity contribution in [3.63, 3.8) is 0 Å². The third-order valence-electron chi connectivity index (χ3n) is 7.50. The minimum atomic E-state index is 0.262. The van der Waals surface area contributed by atoms with Crippen LogP contribution in [0, 0.1) is 28.1 Å². The Labute approximate surface area is 130 Å². The van der Waals surface area contributed by atoms with Crippen LogP contribution >= 0.6 is 0 Å². The summed E-state index contributed by atoms with van der Waals surface area (Å²) in [7, 11) is 0. The first-order valence-corrected chi connectivity index (χ1v) is 8.92. The minimum Gasteiger partial charge on any atom is -0.295 e. The largest absolute Gasteiger partial charge is 0.295 e. The highest BCUT2D eigenvalue weighted by Crippen LogP contribution is 2.66. The third-order valence-corrected chi connectivity index (χ3v) is 7.50. The fraction of sp³-hybridized carbons (Fsp3) is 0.850. The monoisotopic (exact) mass is 288 g/mol. The van der Waals surface area contributed by atoms with Gasteiger partial charge in [-0.2, -0.15) is 0 Å². The van der Waals surface area contributed by atoms with Crippen LogP contribution in [0.1, 0.15) is 79.6 Å². The predicted octanol–water partition coefficient (Wildman–Crippen LogP) is 5.54. The highest BCUT2D eigenvalue weighted by Gasteiger charge is 2.58. The van der Waals surface area contributed by atoms with Gasteiger partial charge in [-0.3, -0.25) is 4.79 Å². The molecule has 0 aromatic carbocycles. The molecule has 3 aliphatic rings. The zero-order chi connectivity index (χ0) is 15.5. The number of carbonyl (C=O) groups is 1. The number of rotatable bonds is 1. The van der Waals surface area contributed by atoms with Crippen LogP contribution in [0.25, 0.3) is 0 Å². The Bertz CT molecular complexity index is 486. The molecule has 118 valence electrons. The van der Waals surface area contributed by atoms with Crippen molar-refractivity contribution in [1.29, 1.82) is 0 Å². The Morgan fingerprint density at radius 1 is 1.05 bits per heavy atom. The first kappa shape index (κ1) is 15.3. The van der Waals surface area contributed by atoms with Gasteiger partial charge in [-0.25, -0.2) is 0 Å². The van der Waals surface area contributed by atoms with Crippen molar-refractivity contribution < 1.29 is 4.79 Å². The van der Waals surface area contributed by atoms with Crippen molar-refractivity contribution >= 4 is 5.78 Å². The summed E-state index contributed by atoms with van der Waals surface area (Å²) in [5.74, 6) is 1.93. The topological polar surface area (TPSA) is 17.1 Å². The Balaban J connectivity index is 1.99. The molecule has 4 atom stereocenters. The van der Waals surface area contributed by atoms with Gasteiger partial charge in [0, 0.05) is 0 Å². The van der Waals surface area contributed by atoms with E-state index >= 15 is 0 Å². The lowest BCUT2D eigenvalue weighted by Crippen LogP contribution is -2.55. The summed E-state index contributed by atoms with van der Waals surface area (Å²) in [6.07, 6.45) is 11.4. The van der Waals surface area contributed by atoms with Crippen molar-refractivity contribution in [2.24, 2.45) is 28.1 Å². The van der Waals surface area contributed by atoms with Crippen molar-refractivity contribution in [2.45, 2.75) is 79.6 Å². The highest BCUT2D eigenvalue weighted by molar-refractivity contribution is 5.93. The van der Waals surface area contributed by atoms with E-state index in [4.69, 9.17) is 0 Å². The van der Waals surface area contributed by atoms with Crippen LogP contribution in [0.4, 0.5) is 0 Å². The van der Waals surface area contributed by atoms with Gasteiger partial charge < -0.3 is 0 Å². The first-order chi connectivity index (χ1) is 9.69. The van der Waals surface area contributed by atoms with E-state index in [1.807, 2.05) is 0 Å². The van der Waals surface area contributed by atoms with E-state index in [0.717, 1.165) is 23.8 Å². The molecule has 21 heavy (non-hydrogen) atoms. The van der Waals surface area contributed by atoms with Gasteiger partial charge in [-0.1, -0.05) is 40.2 Å². The first-order valence-electron chi connectivity index (χ1n) is 8.92. The number of hydrogen-bond donors (Lipinski definition) is 0. The average molecular weight is 288 g/mol. The van der Waals surface area contributed by atoms with Gasteiger partial charge in [-0.15, -0.1) is 0 Å². The Hall–Kier alpha value is -0.590. The second-order valence-electron chi connectivity index (χ2n) is 9.26. The summed E-state index contributed by atoms with van der Waals surface area (Å²) in [6.45, 7) is 11.7. The van der Waals surface area contributed by atoms with Crippen LogP contribution in [0.5, 0.6) is 0 Å². The van der Waals surface area contributed by atoms with E-state index < -0.39 is 0 Å². The minimum absolute atomic E-state index is 0.262. The van der Waals surface area contributed by atoms with Gasteiger partial charge in [0.1, 0.15) is 0 Å². The molecule has 0 unspecified atom stereocenters. The lowest BCUT2D eigenvalue weighted by Gasteiger charge is -2.63. The quantitative estimate of drug-likeness (QED) is 0.618. The predicted molar refractivity (Wildman–Crippen MR) is 88.1 cm³/mol. The number of ketones is 1. The lowest BCUT2D eigenvalue weighted by atomic mass is 9.42.